The smallest absolute Gasteiger partial charge is 0.291 e. The van der Waals surface area contributed by atoms with Gasteiger partial charge in [0.2, 0.25) is 4.96 Å². The molecule has 6 nitrogen and oxygen atoms in total. The molecule has 3 heterocycles. The fourth-order valence-electron chi connectivity index (χ4n) is 3.03. The average molecular weight is 442 g/mol. The Kier molecular flexibility index (Phi) is 6.44. The summed E-state index contributed by atoms with van der Waals surface area (Å²) in [6.07, 6.45) is 5.16. The second-order valence-electron chi connectivity index (χ2n) is 6.72. The number of aromatic nitrogens is 3. The third-order valence-electron chi connectivity index (χ3n) is 4.49. The SMILES string of the molecule is CCCCCOc1ccc(/C=c2\sc3nc(-c4cccs4)nn3c2=O)cc1OCC. The summed E-state index contributed by atoms with van der Waals surface area (Å²) in [4.78, 5) is 18.8. The van der Waals surface area contributed by atoms with Crippen LogP contribution in [0.25, 0.3) is 21.7 Å². The molecule has 0 atom stereocenters. The van der Waals surface area contributed by atoms with Gasteiger partial charge in [0.15, 0.2) is 17.3 Å². The second kappa shape index (κ2) is 9.40. The predicted octanol–water partition coefficient (Wildman–Crippen LogP) is 4.39. The van der Waals surface area contributed by atoms with Gasteiger partial charge in [-0.3, -0.25) is 4.79 Å². The summed E-state index contributed by atoms with van der Waals surface area (Å²) in [7, 11) is 0. The Morgan fingerprint density at radius 2 is 2.03 bits per heavy atom. The summed E-state index contributed by atoms with van der Waals surface area (Å²) in [6, 6.07) is 9.64. The summed E-state index contributed by atoms with van der Waals surface area (Å²) in [5, 5.41) is 6.34. The first-order chi connectivity index (χ1) is 14.7. The quantitative estimate of drug-likeness (QED) is 0.360. The van der Waals surface area contributed by atoms with Gasteiger partial charge in [-0.25, -0.2) is 0 Å². The minimum atomic E-state index is -0.164. The number of benzene rings is 1. The zero-order valence-corrected chi connectivity index (χ0v) is 18.6. The number of rotatable bonds is 9. The summed E-state index contributed by atoms with van der Waals surface area (Å²) in [6.45, 7) is 5.32. The Hall–Kier alpha value is -2.71. The van der Waals surface area contributed by atoms with E-state index in [1.807, 2.05) is 48.7 Å². The fraction of sp³-hybridized carbons (Fsp3) is 0.318. The zero-order valence-electron chi connectivity index (χ0n) is 17.0. The van der Waals surface area contributed by atoms with Crippen LogP contribution in [-0.2, 0) is 0 Å². The van der Waals surface area contributed by atoms with Crippen LogP contribution in [0, 0.1) is 0 Å². The molecule has 0 saturated carbocycles. The van der Waals surface area contributed by atoms with Gasteiger partial charge in [0.05, 0.1) is 22.6 Å². The lowest BCUT2D eigenvalue weighted by atomic mass is 10.2. The van der Waals surface area contributed by atoms with E-state index in [4.69, 9.17) is 9.47 Å². The molecule has 0 aliphatic heterocycles. The highest BCUT2D eigenvalue weighted by atomic mass is 32.1. The van der Waals surface area contributed by atoms with Crippen molar-refractivity contribution in [2.75, 3.05) is 13.2 Å². The van der Waals surface area contributed by atoms with Gasteiger partial charge in [-0.05, 0) is 48.6 Å². The van der Waals surface area contributed by atoms with Crippen LogP contribution in [-0.4, -0.2) is 27.8 Å². The van der Waals surface area contributed by atoms with E-state index in [2.05, 4.69) is 17.0 Å². The van der Waals surface area contributed by atoms with E-state index >= 15 is 0 Å². The van der Waals surface area contributed by atoms with Crippen molar-refractivity contribution in [2.24, 2.45) is 0 Å². The molecule has 4 aromatic rings. The highest BCUT2D eigenvalue weighted by Crippen LogP contribution is 2.29. The number of fused-ring (bicyclic) bond motifs is 1. The zero-order chi connectivity index (χ0) is 20.9. The Morgan fingerprint density at radius 1 is 1.13 bits per heavy atom. The largest absolute Gasteiger partial charge is 0.490 e. The predicted molar refractivity (Wildman–Crippen MR) is 122 cm³/mol. The third kappa shape index (κ3) is 4.39. The Morgan fingerprint density at radius 3 is 2.77 bits per heavy atom. The first kappa shape index (κ1) is 20.6. The van der Waals surface area contributed by atoms with Crippen LogP contribution in [0.3, 0.4) is 0 Å². The number of thiophene rings is 1. The van der Waals surface area contributed by atoms with E-state index in [9.17, 15) is 4.79 Å². The normalized spacial score (nSPS) is 12.0. The summed E-state index contributed by atoms with van der Waals surface area (Å²) < 4.78 is 13.6. The maximum Gasteiger partial charge on any atom is 0.291 e. The summed E-state index contributed by atoms with van der Waals surface area (Å²) in [5.41, 5.74) is 0.711. The van der Waals surface area contributed by atoms with E-state index in [0.717, 1.165) is 35.5 Å². The topological polar surface area (TPSA) is 65.7 Å². The van der Waals surface area contributed by atoms with Crippen LogP contribution in [0.1, 0.15) is 38.7 Å². The van der Waals surface area contributed by atoms with Gasteiger partial charge < -0.3 is 9.47 Å². The minimum Gasteiger partial charge on any atom is -0.490 e. The van der Waals surface area contributed by atoms with Crippen LogP contribution in [0.2, 0.25) is 0 Å². The van der Waals surface area contributed by atoms with Crippen LogP contribution < -0.4 is 19.6 Å². The summed E-state index contributed by atoms with van der Waals surface area (Å²) in [5.74, 6) is 2.01. The summed E-state index contributed by atoms with van der Waals surface area (Å²) >= 11 is 2.89. The van der Waals surface area contributed by atoms with Crippen molar-refractivity contribution >= 4 is 33.7 Å². The number of nitrogens with zero attached hydrogens (tertiary/aromatic N) is 3. The Labute approximate surface area is 182 Å². The highest BCUT2D eigenvalue weighted by Gasteiger charge is 2.13. The van der Waals surface area contributed by atoms with Crippen LogP contribution in [0.4, 0.5) is 0 Å². The molecule has 3 aromatic heterocycles. The van der Waals surface area contributed by atoms with Crippen molar-refractivity contribution in [3.05, 3.63) is 56.2 Å². The lowest BCUT2D eigenvalue weighted by Crippen LogP contribution is -2.23. The molecule has 0 saturated heterocycles. The van der Waals surface area contributed by atoms with Crippen molar-refractivity contribution in [3.8, 4) is 22.2 Å². The standard InChI is InChI=1S/C22H23N3O3S2/c1-3-5-6-11-28-16-10-9-15(13-17(16)27-4-2)14-19-21(26)25-22(30-19)23-20(24-25)18-8-7-12-29-18/h7-10,12-14H,3-6,11H2,1-2H3/b19-14-. The molecule has 0 N–H and O–H groups in total. The molecular formula is C22H23N3O3S2. The van der Waals surface area contributed by atoms with Gasteiger partial charge in [-0.1, -0.05) is 43.2 Å². The van der Waals surface area contributed by atoms with Gasteiger partial charge in [0.1, 0.15) is 0 Å². The van der Waals surface area contributed by atoms with E-state index in [0.29, 0.717) is 34.3 Å². The maximum absolute atomic E-state index is 12.8. The minimum absolute atomic E-state index is 0.164. The van der Waals surface area contributed by atoms with E-state index in [1.165, 1.54) is 15.9 Å². The van der Waals surface area contributed by atoms with Crippen LogP contribution >= 0.6 is 22.7 Å². The van der Waals surface area contributed by atoms with Crippen molar-refractivity contribution < 1.29 is 9.47 Å². The van der Waals surface area contributed by atoms with E-state index in [-0.39, 0.29) is 5.56 Å². The molecule has 0 spiro atoms. The maximum atomic E-state index is 12.8. The van der Waals surface area contributed by atoms with Crippen molar-refractivity contribution in [2.45, 2.75) is 33.1 Å². The van der Waals surface area contributed by atoms with Crippen LogP contribution in [0.15, 0.2) is 40.5 Å². The van der Waals surface area contributed by atoms with Crippen molar-refractivity contribution in [1.29, 1.82) is 0 Å². The molecule has 0 unspecified atom stereocenters. The molecule has 0 aliphatic carbocycles. The second-order valence-corrected chi connectivity index (χ2v) is 8.67. The number of hydrogen-bond donors (Lipinski definition) is 0. The lowest BCUT2D eigenvalue weighted by Gasteiger charge is -2.12. The molecule has 4 rings (SSSR count). The third-order valence-corrected chi connectivity index (χ3v) is 6.32. The number of hydrogen-bond acceptors (Lipinski definition) is 7. The highest BCUT2D eigenvalue weighted by molar-refractivity contribution is 7.15. The molecule has 156 valence electrons. The van der Waals surface area contributed by atoms with E-state index in [1.54, 1.807) is 11.3 Å². The number of thiazole rings is 1. The number of unbranched alkanes of at least 4 members (excludes halogenated alkanes) is 2. The molecule has 8 heteroatoms. The molecule has 0 bridgehead atoms. The molecule has 0 aliphatic rings. The van der Waals surface area contributed by atoms with Gasteiger partial charge in [0.25, 0.3) is 5.56 Å². The Bertz CT molecular complexity index is 1230. The molecule has 0 fully saturated rings. The Balaban J connectivity index is 1.62. The van der Waals surface area contributed by atoms with Crippen LogP contribution in [0.5, 0.6) is 11.5 Å². The van der Waals surface area contributed by atoms with Crippen molar-refractivity contribution in [1.82, 2.24) is 14.6 Å². The first-order valence-corrected chi connectivity index (χ1v) is 11.7. The van der Waals surface area contributed by atoms with Gasteiger partial charge >= 0.3 is 0 Å². The lowest BCUT2D eigenvalue weighted by molar-refractivity contribution is 0.271. The molecule has 0 amide bonds. The first-order valence-electron chi connectivity index (χ1n) is 10.0. The molecule has 30 heavy (non-hydrogen) atoms. The average Bonchev–Trinajstić information content (AvgIpc) is 3.46. The van der Waals surface area contributed by atoms with Crippen molar-refractivity contribution in [3.63, 3.8) is 0 Å². The van der Waals surface area contributed by atoms with Gasteiger partial charge in [-0.15, -0.1) is 16.4 Å². The monoisotopic (exact) mass is 441 g/mol. The fourth-order valence-corrected chi connectivity index (χ4v) is 4.59. The molecular weight excluding hydrogens is 418 g/mol. The number of ether oxygens (including phenoxy) is 2. The van der Waals surface area contributed by atoms with E-state index < -0.39 is 0 Å². The molecule has 1 aromatic carbocycles. The molecule has 0 radical (unpaired) electrons. The van der Waals surface area contributed by atoms with Gasteiger partial charge in [-0.2, -0.15) is 9.50 Å². The van der Waals surface area contributed by atoms with Gasteiger partial charge in [0, 0.05) is 0 Å².